The van der Waals surface area contributed by atoms with Crippen molar-refractivity contribution in [1.82, 2.24) is 15.5 Å². The standard InChI is InChI=1S/C7H10BrN3O/c8-5-2-10-11-6(5)1-7(12)3-9-4-7/h2,9,12H,1,3-4H2,(H,10,11). The molecule has 2 heterocycles. The van der Waals surface area contributed by atoms with Crippen molar-refractivity contribution in [2.75, 3.05) is 13.1 Å². The molecule has 0 bridgehead atoms. The van der Waals surface area contributed by atoms with E-state index in [1.807, 2.05) is 0 Å². The predicted molar refractivity (Wildman–Crippen MR) is 47.8 cm³/mol. The summed E-state index contributed by atoms with van der Waals surface area (Å²) in [6.45, 7) is 1.33. The highest BCUT2D eigenvalue weighted by Crippen LogP contribution is 2.21. The zero-order valence-corrected chi connectivity index (χ0v) is 8.06. The SMILES string of the molecule is OC1(Cc2[nH]ncc2Br)CNC1. The second kappa shape index (κ2) is 2.83. The van der Waals surface area contributed by atoms with E-state index in [2.05, 4.69) is 31.4 Å². The molecule has 1 saturated heterocycles. The van der Waals surface area contributed by atoms with Gasteiger partial charge in [0, 0.05) is 19.5 Å². The molecule has 1 aromatic heterocycles. The van der Waals surface area contributed by atoms with Gasteiger partial charge in [0.1, 0.15) is 0 Å². The van der Waals surface area contributed by atoms with Gasteiger partial charge >= 0.3 is 0 Å². The van der Waals surface area contributed by atoms with Gasteiger partial charge in [-0.3, -0.25) is 5.10 Å². The first-order chi connectivity index (χ1) is 5.70. The molecular formula is C7H10BrN3O. The van der Waals surface area contributed by atoms with Gasteiger partial charge in [0.05, 0.1) is 22.0 Å². The number of rotatable bonds is 2. The van der Waals surface area contributed by atoms with Gasteiger partial charge in [0.25, 0.3) is 0 Å². The van der Waals surface area contributed by atoms with Gasteiger partial charge in [-0.1, -0.05) is 0 Å². The summed E-state index contributed by atoms with van der Waals surface area (Å²) in [4.78, 5) is 0. The third-order valence-corrected chi connectivity index (χ3v) is 2.76. The Morgan fingerprint density at radius 1 is 1.67 bits per heavy atom. The molecule has 12 heavy (non-hydrogen) atoms. The van der Waals surface area contributed by atoms with Crippen molar-refractivity contribution in [3.05, 3.63) is 16.4 Å². The van der Waals surface area contributed by atoms with Crippen LogP contribution in [0.25, 0.3) is 0 Å². The lowest BCUT2D eigenvalue weighted by Crippen LogP contribution is -2.60. The van der Waals surface area contributed by atoms with E-state index in [1.165, 1.54) is 0 Å². The number of β-amino-alcohol motifs (C(OH)–C–C–N with tert-alkyl or cyclic N) is 1. The molecule has 0 unspecified atom stereocenters. The molecule has 3 N–H and O–H groups in total. The lowest BCUT2D eigenvalue weighted by Gasteiger charge is -2.37. The van der Waals surface area contributed by atoms with Crippen LogP contribution in [0.3, 0.4) is 0 Å². The number of aromatic nitrogens is 2. The Morgan fingerprint density at radius 2 is 2.42 bits per heavy atom. The number of H-pyrrole nitrogens is 1. The molecular weight excluding hydrogens is 222 g/mol. The zero-order valence-electron chi connectivity index (χ0n) is 6.47. The summed E-state index contributed by atoms with van der Waals surface area (Å²) in [6, 6.07) is 0. The summed E-state index contributed by atoms with van der Waals surface area (Å²) in [7, 11) is 0. The third-order valence-electron chi connectivity index (χ3n) is 2.08. The third kappa shape index (κ3) is 1.39. The number of nitrogens with one attached hydrogen (secondary N) is 2. The van der Waals surface area contributed by atoms with Crippen LogP contribution < -0.4 is 5.32 Å². The fourth-order valence-electron chi connectivity index (χ4n) is 1.29. The molecule has 5 heteroatoms. The normalized spacial score (nSPS) is 20.5. The highest BCUT2D eigenvalue weighted by atomic mass is 79.9. The van der Waals surface area contributed by atoms with Crippen LogP contribution in [-0.4, -0.2) is 34.0 Å². The number of aromatic amines is 1. The van der Waals surface area contributed by atoms with E-state index in [0.29, 0.717) is 19.5 Å². The van der Waals surface area contributed by atoms with Gasteiger partial charge < -0.3 is 10.4 Å². The highest BCUT2D eigenvalue weighted by Gasteiger charge is 2.35. The van der Waals surface area contributed by atoms with Crippen LogP contribution in [0.15, 0.2) is 10.7 Å². The Kier molecular flexibility index (Phi) is 1.94. The number of nitrogens with zero attached hydrogens (tertiary/aromatic N) is 1. The molecule has 4 nitrogen and oxygen atoms in total. The molecule has 2 rings (SSSR count). The first-order valence-corrected chi connectivity index (χ1v) is 4.60. The molecule has 1 aliphatic heterocycles. The van der Waals surface area contributed by atoms with E-state index in [4.69, 9.17) is 0 Å². The molecule has 0 aromatic carbocycles. The molecule has 66 valence electrons. The summed E-state index contributed by atoms with van der Waals surface area (Å²) >= 11 is 3.35. The molecule has 0 radical (unpaired) electrons. The van der Waals surface area contributed by atoms with E-state index in [9.17, 15) is 5.11 Å². The fourth-order valence-corrected chi connectivity index (χ4v) is 1.62. The maximum Gasteiger partial charge on any atom is 0.0950 e. The van der Waals surface area contributed by atoms with Crippen LogP contribution in [-0.2, 0) is 6.42 Å². The summed E-state index contributed by atoms with van der Waals surface area (Å²) in [5.74, 6) is 0. The summed E-state index contributed by atoms with van der Waals surface area (Å²) in [5, 5.41) is 19.5. The monoisotopic (exact) mass is 231 g/mol. The summed E-state index contributed by atoms with van der Waals surface area (Å²) in [5.41, 5.74) is 0.383. The molecule has 1 aliphatic rings. The topological polar surface area (TPSA) is 60.9 Å². The minimum absolute atomic E-state index is 0.574. The average Bonchev–Trinajstić information content (AvgIpc) is 2.34. The van der Waals surface area contributed by atoms with Gasteiger partial charge in [-0.2, -0.15) is 5.10 Å². The molecule has 1 fully saturated rings. The van der Waals surface area contributed by atoms with Crippen LogP contribution in [0.1, 0.15) is 5.69 Å². The molecule has 0 aliphatic carbocycles. The van der Waals surface area contributed by atoms with Crippen molar-refractivity contribution < 1.29 is 5.11 Å². The largest absolute Gasteiger partial charge is 0.387 e. The molecule has 0 atom stereocenters. The van der Waals surface area contributed by atoms with Crippen molar-refractivity contribution in [1.29, 1.82) is 0 Å². The maximum absolute atomic E-state index is 9.78. The first kappa shape index (κ1) is 8.22. The second-order valence-electron chi connectivity index (χ2n) is 3.20. The Balaban J connectivity index is 2.08. The Labute approximate surface area is 78.5 Å². The van der Waals surface area contributed by atoms with Gasteiger partial charge in [-0.05, 0) is 15.9 Å². The maximum atomic E-state index is 9.78. The van der Waals surface area contributed by atoms with Crippen molar-refractivity contribution in [2.45, 2.75) is 12.0 Å². The van der Waals surface area contributed by atoms with Crippen molar-refractivity contribution in [3.63, 3.8) is 0 Å². The summed E-state index contributed by atoms with van der Waals surface area (Å²) in [6.07, 6.45) is 2.32. The van der Waals surface area contributed by atoms with Crippen molar-refractivity contribution in [2.24, 2.45) is 0 Å². The number of halogens is 1. The van der Waals surface area contributed by atoms with E-state index in [1.54, 1.807) is 6.20 Å². The summed E-state index contributed by atoms with van der Waals surface area (Å²) < 4.78 is 0.933. The smallest absolute Gasteiger partial charge is 0.0950 e. The molecule has 0 amide bonds. The van der Waals surface area contributed by atoms with Gasteiger partial charge in [-0.25, -0.2) is 0 Å². The van der Waals surface area contributed by atoms with E-state index in [0.717, 1.165) is 10.2 Å². The van der Waals surface area contributed by atoms with E-state index >= 15 is 0 Å². The van der Waals surface area contributed by atoms with Gasteiger partial charge in [0.2, 0.25) is 0 Å². The van der Waals surface area contributed by atoms with Crippen molar-refractivity contribution in [3.8, 4) is 0 Å². The van der Waals surface area contributed by atoms with E-state index in [-0.39, 0.29) is 0 Å². The number of hydrogen-bond donors (Lipinski definition) is 3. The van der Waals surface area contributed by atoms with Crippen LogP contribution in [0.4, 0.5) is 0 Å². The van der Waals surface area contributed by atoms with Crippen LogP contribution in [0.5, 0.6) is 0 Å². The Bertz CT molecular complexity index is 282. The van der Waals surface area contributed by atoms with Crippen LogP contribution >= 0.6 is 15.9 Å². The van der Waals surface area contributed by atoms with Crippen LogP contribution in [0, 0.1) is 0 Å². The molecule has 1 aromatic rings. The van der Waals surface area contributed by atoms with E-state index < -0.39 is 5.60 Å². The Hall–Kier alpha value is -0.390. The minimum atomic E-state index is -0.574. The number of hydrogen-bond acceptors (Lipinski definition) is 3. The fraction of sp³-hybridized carbons (Fsp3) is 0.571. The number of aliphatic hydroxyl groups is 1. The molecule has 0 saturated carbocycles. The van der Waals surface area contributed by atoms with Crippen LogP contribution in [0.2, 0.25) is 0 Å². The average molecular weight is 232 g/mol. The predicted octanol–water partition coefficient (Wildman–Crippen LogP) is 0.0490. The van der Waals surface area contributed by atoms with Crippen molar-refractivity contribution >= 4 is 15.9 Å². The first-order valence-electron chi connectivity index (χ1n) is 3.80. The molecule has 0 spiro atoms. The quantitative estimate of drug-likeness (QED) is 0.675. The van der Waals surface area contributed by atoms with Gasteiger partial charge in [0.15, 0.2) is 0 Å². The minimum Gasteiger partial charge on any atom is -0.387 e. The zero-order chi connectivity index (χ0) is 8.60. The lowest BCUT2D eigenvalue weighted by atomic mass is 9.92. The van der Waals surface area contributed by atoms with Gasteiger partial charge in [-0.15, -0.1) is 0 Å². The Morgan fingerprint density at radius 3 is 2.83 bits per heavy atom. The highest BCUT2D eigenvalue weighted by molar-refractivity contribution is 9.10. The second-order valence-corrected chi connectivity index (χ2v) is 4.06. The lowest BCUT2D eigenvalue weighted by molar-refractivity contribution is -0.00995.